The van der Waals surface area contributed by atoms with E-state index in [9.17, 15) is 20.0 Å². The van der Waals surface area contributed by atoms with Gasteiger partial charge in [-0.1, -0.05) is 0 Å². The highest BCUT2D eigenvalue weighted by atomic mass is 16.6. The minimum absolute atomic E-state index is 0.270. The summed E-state index contributed by atoms with van der Waals surface area (Å²) in [6, 6.07) is -0.715. The summed E-state index contributed by atoms with van der Waals surface area (Å²) in [6.07, 6.45) is 3.48. The predicted molar refractivity (Wildman–Crippen MR) is 62.5 cm³/mol. The highest BCUT2D eigenvalue weighted by molar-refractivity contribution is 5.79. The van der Waals surface area contributed by atoms with Crippen molar-refractivity contribution < 1.29 is 14.8 Å². The molecule has 2 heterocycles. The number of piperidine rings is 1. The summed E-state index contributed by atoms with van der Waals surface area (Å²) in [5, 5.41) is 20.1. The van der Waals surface area contributed by atoms with Crippen LogP contribution in [0.5, 0.6) is 0 Å². The number of carbonyl (C=O) groups is 1. The van der Waals surface area contributed by atoms with Gasteiger partial charge in [0.2, 0.25) is 12.1 Å². The molecule has 0 radical (unpaired) electrons. The Morgan fingerprint density at radius 2 is 2.33 bits per heavy atom. The lowest BCUT2D eigenvalue weighted by Crippen LogP contribution is -2.45. The quantitative estimate of drug-likeness (QED) is 0.631. The van der Waals surface area contributed by atoms with Gasteiger partial charge < -0.3 is 20.1 Å². The Balaban J connectivity index is 2.42. The number of rotatable bonds is 3. The average molecular weight is 254 g/mol. The van der Waals surface area contributed by atoms with Gasteiger partial charge in [0.15, 0.2) is 0 Å². The molecule has 8 heteroatoms. The number of aliphatic carboxylic acids is 1. The van der Waals surface area contributed by atoms with Crippen molar-refractivity contribution in [2.24, 2.45) is 7.05 Å². The van der Waals surface area contributed by atoms with Gasteiger partial charge in [-0.3, -0.25) is 4.57 Å². The van der Waals surface area contributed by atoms with Crippen LogP contribution in [-0.2, 0) is 11.8 Å². The maximum atomic E-state index is 11.2. The number of hydrogen-bond donors (Lipinski definition) is 1. The Morgan fingerprint density at radius 1 is 1.61 bits per heavy atom. The topological polar surface area (TPSA) is 101 Å². The third kappa shape index (κ3) is 2.01. The van der Waals surface area contributed by atoms with Crippen molar-refractivity contribution in [3.8, 4) is 0 Å². The largest absolute Gasteiger partial charge is 0.480 e. The van der Waals surface area contributed by atoms with E-state index in [1.807, 2.05) is 0 Å². The van der Waals surface area contributed by atoms with Crippen LogP contribution in [0.4, 0.5) is 11.6 Å². The van der Waals surface area contributed by atoms with E-state index in [0.717, 1.165) is 12.8 Å². The SMILES string of the molecule is Cn1cnc([N+](=O)[O-])c1N1CCCCC1C(=O)O. The lowest BCUT2D eigenvalue weighted by Gasteiger charge is -2.33. The molecule has 1 fully saturated rings. The minimum atomic E-state index is -0.954. The van der Waals surface area contributed by atoms with Gasteiger partial charge in [-0.2, -0.15) is 0 Å². The average Bonchev–Trinajstić information content (AvgIpc) is 2.71. The van der Waals surface area contributed by atoms with Crippen LogP contribution in [0, 0.1) is 10.1 Å². The van der Waals surface area contributed by atoms with E-state index in [-0.39, 0.29) is 11.6 Å². The van der Waals surface area contributed by atoms with E-state index in [1.54, 1.807) is 11.9 Å². The summed E-state index contributed by atoms with van der Waals surface area (Å²) in [6.45, 7) is 0.497. The fourth-order valence-electron chi connectivity index (χ4n) is 2.31. The molecule has 0 aromatic carbocycles. The predicted octanol–water partition coefficient (Wildman–Crippen LogP) is 0.772. The van der Waals surface area contributed by atoms with Crippen molar-refractivity contribution in [1.82, 2.24) is 9.55 Å². The molecule has 1 aliphatic heterocycles. The fourth-order valence-corrected chi connectivity index (χ4v) is 2.31. The first-order chi connectivity index (χ1) is 8.52. The summed E-state index contributed by atoms with van der Waals surface area (Å²) in [7, 11) is 1.63. The Hall–Kier alpha value is -2.12. The highest BCUT2D eigenvalue weighted by Crippen LogP contribution is 2.31. The Morgan fingerprint density at radius 3 is 2.94 bits per heavy atom. The van der Waals surface area contributed by atoms with Gasteiger partial charge in [-0.25, -0.2) is 4.79 Å². The summed E-state index contributed by atoms with van der Waals surface area (Å²) < 4.78 is 1.50. The highest BCUT2D eigenvalue weighted by Gasteiger charge is 2.35. The number of hydrogen-bond acceptors (Lipinski definition) is 5. The second kappa shape index (κ2) is 4.63. The smallest absolute Gasteiger partial charge is 0.406 e. The first-order valence-corrected chi connectivity index (χ1v) is 5.67. The number of nitro groups is 1. The van der Waals surface area contributed by atoms with Crippen molar-refractivity contribution in [2.45, 2.75) is 25.3 Å². The van der Waals surface area contributed by atoms with Crippen LogP contribution in [0.1, 0.15) is 19.3 Å². The van der Waals surface area contributed by atoms with Gasteiger partial charge in [-0.05, 0) is 29.2 Å². The zero-order valence-electron chi connectivity index (χ0n) is 9.94. The number of anilines is 1. The van der Waals surface area contributed by atoms with Crippen molar-refractivity contribution in [3.63, 3.8) is 0 Å². The lowest BCUT2D eigenvalue weighted by molar-refractivity contribution is -0.388. The van der Waals surface area contributed by atoms with Crippen LogP contribution >= 0.6 is 0 Å². The molecule has 98 valence electrons. The van der Waals surface area contributed by atoms with Crippen molar-refractivity contribution in [2.75, 3.05) is 11.4 Å². The van der Waals surface area contributed by atoms with Crippen molar-refractivity contribution >= 4 is 17.6 Å². The van der Waals surface area contributed by atoms with E-state index in [0.29, 0.717) is 13.0 Å². The maximum Gasteiger partial charge on any atom is 0.406 e. The number of aromatic nitrogens is 2. The molecule has 1 aromatic heterocycles. The molecule has 1 saturated heterocycles. The molecule has 2 rings (SSSR count). The van der Waals surface area contributed by atoms with E-state index < -0.39 is 16.9 Å². The lowest BCUT2D eigenvalue weighted by atomic mass is 10.0. The first-order valence-electron chi connectivity index (χ1n) is 5.67. The monoisotopic (exact) mass is 254 g/mol. The van der Waals surface area contributed by atoms with Gasteiger partial charge in [0, 0.05) is 13.6 Å². The molecule has 1 atom stereocenters. The van der Waals surface area contributed by atoms with Gasteiger partial charge in [0.25, 0.3) is 0 Å². The number of aryl methyl sites for hydroxylation is 1. The maximum absolute atomic E-state index is 11.2. The van der Waals surface area contributed by atoms with Crippen LogP contribution in [-0.4, -0.2) is 38.1 Å². The Bertz CT molecular complexity index is 484. The summed E-state index contributed by atoms with van der Waals surface area (Å²) in [5.41, 5.74) is 0. The summed E-state index contributed by atoms with van der Waals surface area (Å²) in [4.78, 5) is 26.8. The second-order valence-electron chi connectivity index (χ2n) is 4.30. The van der Waals surface area contributed by atoms with Crippen molar-refractivity contribution in [3.05, 3.63) is 16.4 Å². The number of imidazole rings is 1. The standard InChI is InChI=1S/C10H14N4O4/c1-12-6-11-8(14(17)18)9(12)13-5-3-2-4-7(13)10(15)16/h6-7H,2-5H2,1H3,(H,15,16). The van der Waals surface area contributed by atoms with Crippen molar-refractivity contribution in [1.29, 1.82) is 0 Å². The molecule has 0 saturated carbocycles. The normalized spacial score (nSPS) is 19.8. The molecule has 18 heavy (non-hydrogen) atoms. The van der Waals surface area contributed by atoms with Gasteiger partial charge in [0.05, 0.1) is 0 Å². The molecular formula is C10H14N4O4. The van der Waals surface area contributed by atoms with Crippen LogP contribution < -0.4 is 4.90 Å². The molecular weight excluding hydrogens is 240 g/mol. The van der Waals surface area contributed by atoms with E-state index >= 15 is 0 Å². The Labute approximate surface area is 103 Å². The van der Waals surface area contributed by atoms with Crippen LogP contribution in [0.3, 0.4) is 0 Å². The van der Waals surface area contributed by atoms with Gasteiger partial charge in [0.1, 0.15) is 6.04 Å². The van der Waals surface area contributed by atoms with E-state index in [2.05, 4.69) is 4.98 Å². The van der Waals surface area contributed by atoms with E-state index in [4.69, 9.17) is 0 Å². The minimum Gasteiger partial charge on any atom is -0.480 e. The third-order valence-corrected chi connectivity index (χ3v) is 3.12. The van der Waals surface area contributed by atoms with Crippen LogP contribution in [0.25, 0.3) is 0 Å². The molecule has 8 nitrogen and oxygen atoms in total. The molecule has 1 aliphatic rings. The van der Waals surface area contributed by atoms with Gasteiger partial charge in [-0.15, -0.1) is 0 Å². The molecule has 1 aromatic rings. The molecule has 1 N–H and O–H groups in total. The molecule has 0 aliphatic carbocycles. The zero-order chi connectivity index (χ0) is 13.3. The number of carboxylic acid groups (broad SMARTS) is 1. The van der Waals surface area contributed by atoms with Crippen LogP contribution in [0.15, 0.2) is 6.33 Å². The fraction of sp³-hybridized carbons (Fsp3) is 0.600. The molecule has 0 spiro atoms. The summed E-state index contributed by atoms with van der Waals surface area (Å²) in [5.74, 6) is -0.969. The van der Waals surface area contributed by atoms with Crippen LogP contribution in [0.2, 0.25) is 0 Å². The number of nitrogens with zero attached hydrogens (tertiary/aromatic N) is 4. The summed E-state index contributed by atoms with van der Waals surface area (Å²) >= 11 is 0. The van der Waals surface area contributed by atoms with Gasteiger partial charge >= 0.3 is 11.8 Å². The number of carboxylic acids is 1. The Kier molecular flexibility index (Phi) is 3.17. The molecule has 0 bridgehead atoms. The first kappa shape index (κ1) is 12.3. The van der Waals surface area contributed by atoms with E-state index in [1.165, 1.54) is 10.9 Å². The zero-order valence-corrected chi connectivity index (χ0v) is 9.94. The third-order valence-electron chi connectivity index (χ3n) is 3.12. The second-order valence-corrected chi connectivity index (χ2v) is 4.30. The molecule has 0 amide bonds. The molecule has 1 unspecified atom stereocenters.